The number of carbonyl (C=O) groups is 1. The van der Waals surface area contributed by atoms with E-state index in [4.69, 9.17) is 4.74 Å². The number of likely N-dealkylation sites (tertiary alicyclic amines) is 1. The van der Waals surface area contributed by atoms with Crippen molar-refractivity contribution in [1.29, 1.82) is 0 Å². The van der Waals surface area contributed by atoms with Gasteiger partial charge in [0.05, 0.1) is 19.8 Å². The fourth-order valence-electron chi connectivity index (χ4n) is 3.43. The van der Waals surface area contributed by atoms with E-state index in [1.807, 2.05) is 48.5 Å². The van der Waals surface area contributed by atoms with Crippen LogP contribution in [0.15, 0.2) is 65.7 Å². The van der Waals surface area contributed by atoms with Gasteiger partial charge in [0.1, 0.15) is 0 Å². The van der Waals surface area contributed by atoms with Crippen LogP contribution in [0.5, 0.6) is 0 Å². The van der Waals surface area contributed by atoms with Crippen molar-refractivity contribution < 1.29 is 9.53 Å². The number of benzene rings is 2. The molecular formula is C23H31IN4O2. The second-order valence-corrected chi connectivity index (χ2v) is 7.26. The maximum Gasteiger partial charge on any atom is 0.239 e. The molecule has 1 fully saturated rings. The van der Waals surface area contributed by atoms with Gasteiger partial charge in [-0.3, -0.25) is 9.79 Å². The molecule has 1 heterocycles. The van der Waals surface area contributed by atoms with E-state index in [1.165, 1.54) is 5.56 Å². The van der Waals surface area contributed by atoms with E-state index < -0.39 is 0 Å². The molecule has 0 radical (unpaired) electrons. The Kier molecular flexibility index (Phi) is 10.6. The molecule has 1 atom stereocenters. The lowest BCUT2D eigenvalue weighted by atomic mass is 10.1. The van der Waals surface area contributed by atoms with Crippen molar-refractivity contribution in [2.24, 2.45) is 10.9 Å². The first kappa shape index (κ1) is 24.1. The summed E-state index contributed by atoms with van der Waals surface area (Å²) in [4.78, 5) is 18.7. The average Bonchev–Trinajstić information content (AvgIpc) is 3.23. The molecule has 30 heavy (non-hydrogen) atoms. The summed E-state index contributed by atoms with van der Waals surface area (Å²) in [6.07, 6.45) is 1.07. The Hall–Kier alpha value is -2.13. The van der Waals surface area contributed by atoms with Crippen molar-refractivity contribution in [1.82, 2.24) is 15.5 Å². The number of aliphatic imine (C=N–C) groups is 1. The van der Waals surface area contributed by atoms with E-state index in [-0.39, 0.29) is 36.4 Å². The lowest BCUT2D eigenvalue weighted by Crippen LogP contribution is -2.44. The standard InChI is InChI=1S/C23H30N4O2.HI/c1-24-23(26-15-22(28)25-14-19-8-4-2-5-9-19)27-13-12-21(16-27)18-29-17-20-10-6-3-7-11-20;/h2-11,21H,12-18H2,1H3,(H,24,26)(H,25,28);1H. The molecule has 1 aliphatic heterocycles. The monoisotopic (exact) mass is 522 g/mol. The van der Waals surface area contributed by atoms with Crippen LogP contribution in [0.2, 0.25) is 0 Å². The molecule has 1 saturated heterocycles. The maximum absolute atomic E-state index is 12.1. The first-order valence-corrected chi connectivity index (χ1v) is 10.1. The van der Waals surface area contributed by atoms with Crippen molar-refractivity contribution in [3.8, 4) is 0 Å². The molecule has 2 aromatic rings. The lowest BCUT2D eigenvalue weighted by molar-refractivity contribution is -0.120. The van der Waals surface area contributed by atoms with Crippen molar-refractivity contribution >= 4 is 35.8 Å². The number of ether oxygens (including phenoxy) is 1. The first-order valence-electron chi connectivity index (χ1n) is 10.1. The average molecular weight is 522 g/mol. The Balaban J connectivity index is 0.00000320. The van der Waals surface area contributed by atoms with E-state index in [0.717, 1.165) is 37.6 Å². The third-order valence-corrected chi connectivity index (χ3v) is 5.00. The van der Waals surface area contributed by atoms with Crippen LogP contribution in [-0.4, -0.2) is 50.1 Å². The van der Waals surface area contributed by atoms with E-state index >= 15 is 0 Å². The molecule has 2 aromatic carbocycles. The topological polar surface area (TPSA) is 66.0 Å². The third kappa shape index (κ3) is 7.95. The van der Waals surface area contributed by atoms with Gasteiger partial charge in [0.25, 0.3) is 0 Å². The first-order chi connectivity index (χ1) is 14.2. The largest absolute Gasteiger partial charge is 0.376 e. The van der Waals surface area contributed by atoms with Crippen molar-refractivity contribution in [2.45, 2.75) is 19.6 Å². The zero-order chi connectivity index (χ0) is 20.3. The Morgan fingerprint density at radius 1 is 1.07 bits per heavy atom. The zero-order valence-electron chi connectivity index (χ0n) is 17.4. The molecule has 1 amide bonds. The van der Waals surface area contributed by atoms with Crippen molar-refractivity contribution in [3.05, 3.63) is 71.8 Å². The number of halogens is 1. The molecule has 162 valence electrons. The SMILES string of the molecule is CN=C(NCC(=O)NCc1ccccc1)N1CCC(COCc2ccccc2)C1.I. The molecule has 0 spiro atoms. The number of nitrogens with one attached hydrogen (secondary N) is 2. The van der Waals surface area contributed by atoms with Crippen molar-refractivity contribution in [3.63, 3.8) is 0 Å². The number of hydrogen-bond donors (Lipinski definition) is 2. The normalized spacial score (nSPS) is 16.1. The molecule has 0 saturated carbocycles. The number of hydrogen-bond acceptors (Lipinski definition) is 3. The maximum atomic E-state index is 12.1. The molecule has 0 aliphatic carbocycles. The van der Waals surface area contributed by atoms with E-state index in [9.17, 15) is 4.79 Å². The van der Waals surface area contributed by atoms with Crippen LogP contribution in [0.25, 0.3) is 0 Å². The Morgan fingerprint density at radius 3 is 2.40 bits per heavy atom. The zero-order valence-corrected chi connectivity index (χ0v) is 19.8. The van der Waals surface area contributed by atoms with Crippen LogP contribution in [0.3, 0.4) is 0 Å². The van der Waals surface area contributed by atoms with Gasteiger partial charge in [-0.2, -0.15) is 0 Å². The minimum absolute atomic E-state index is 0. The molecule has 0 aromatic heterocycles. The highest BCUT2D eigenvalue weighted by Gasteiger charge is 2.25. The second kappa shape index (κ2) is 13.2. The molecule has 1 unspecified atom stereocenters. The molecule has 0 bridgehead atoms. The Morgan fingerprint density at radius 2 is 1.73 bits per heavy atom. The minimum Gasteiger partial charge on any atom is -0.376 e. The summed E-state index contributed by atoms with van der Waals surface area (Å²) in [5, 5.41) is 6.10. The summed E-state index contributed by atoms with van der Waals surface area (Å²) in [7, 11) is 1.75. The lowest BCUT2D eigenvalue weighted by Gasteiger charge is -2.21. The van der Waals surface area contributed by atoms with E-state index in [2.05, 4.69) is 32.7 Å². The molecule has 1 aliphatic rings. The van der Waals surface area contributed by atoms with Gasteiger partial charge in [-0.25, -0.2) is 0 Å². The van der Waals surface area contributed by atoms with Gasteiger partial charge in [0, 0.05) is 32.6 Å². The van der Waals surface area contributed by atoms with Crippen LogP contribution in [0.4, 0.5) is 0 Å². The van der Waals surface area contributed by atoms with Crippen molar-refractivity contribution in [2.75, 3.05) is 33.3 Å². The number of rotatable bonds is 8. The number of nitrogens with zero attached hydrogens (tertiary/aromatic N) is 2. The van der Waals surface area contributed by atoms with Crippen LogP contribution in [0.1, 0.15) is 17.5 Å². The summed E-state index contributed by atoms with van der Waals surface area (Å²) >= 11 is 0. The van der Waals surface area contributed by atoms with Gasteiger partial charge in [-0.05, 0) is 17.5 Å². The summed E-state index contributed by atoms with van der Waals surface area (Å²) in [5.74, 6) is 1.20. The molecule has 6 nitrogen and oxygen atoms in total. The second-order valence-electron chi connectivity index (χ2n) is 7.26. The molecule has 2 N–H and O–H groups in total. The molecule has 3 rings (SSSR count). The Bertz CT molecular complexity index is 786. The minimum atomic E-state index is -0.0445. The fraction of sp³-hybridized carbons (Fsp3) is 0.391. The highest BCUT2D eigenvalue weighted by atomic mass is 127. The summed E-state index contributed by atoms with van der Waals surface area (Å²) in [6.45, 7) is 3.94. The number of amides is 1. The predicted octanol–water partition coefficient (Wildman–Crippen LogP) is 3.03. The van der Waals surface area contributed by atoms with E-state index in [0.29, 0.717) is 19.1 Å². The molecule has 7 heteroatoms. The van der Waals surface area contributed by atoms with Gasteiger partial charge in [-0.15, -0.1) is 24.0 Å². The third-order valence-electron chi connectivity index (χ3n) is 5.00. The van der Waals surface area contributed by atoms with Gasteiger partial charge in [-0.1, -0.05) is 60.7 Å². The summed E-state index contributed by atoms with van der Waals surface area (Å²) < 4.78 is 5.89. The summed E-state index contributed by atoms with van der Waals surface area (Å²) in [5.41, 5.74) is 2.28. The highest BCUT2D eigenvalue weighted by molar-refractivity contribution is 14.0. The molecular weight excluding hydrogens is 491 g/mol. The van der Waals surface area contributed by atoms with Crippen LogP contribution < -0.4 is 10.6 Å². The van der Waals surface area contributed by atoms with Crippen LogP contribution >= 0.6 is 24.0 Å². The fourth-order valence-corrected chi connectivity index (χ4v) is 3.43. The van der Waals surface area contributed by atoms with Gasteiger partial charge >= 0.3 is 0 Å². The van der Waals surface area contributed by atoms with Gasteiger partial charge in [0.2, 0.25) is 5.91 Å². The van der Waals surface area contributed by atoms with Crippen LogP contribution in [-0.2, 0) is 22.7 Å². The smallest absolute Gasteiger partial charge is 0.239 e. The number of carbonyl (C=O) groups excluding carboxylic acids is 1. The number of guanidine groups is 1. The highest BCUT2D eigenvalue weighted by Crippen LogP contribution is 2.17. The Labute approximate surface area is 196 Å². The quantitative estimate of drug-likeness (QED) is 0.318. The van der Waals surface area contributed by atoms with Gasteiger partial charge in [0.15, 0.2) is 5.96 Å². The predicted molar refractivity (Wildman–Crippen MR) is 131 cm³/mol. The van der Waals surface area contributed by atoms with E-state index in [1.54, 1.807) is 7.05 Å². The van der Waals surface area contributed by atoms with Gasteiger partial charge < -0.3 is 20.3 Å². The summed E-state index contributed by atoms with van der Waals surface area (Å²) in [6, 6.07) is 20.1. The van der Waals surface area contributed by atoms with Crippen LogP contribution in [0, 0.1) is 5.92 Å².